The van der Waals surface area contributed by atoms with Crippen LogP contribution in [-0.2, 0) is 4.79 Å². The van der Waals surface area contributed by atoms with Crippen LogP contribution in [0.3, 0.4) is 0 Å². The Morgan fingerprint density at radius 1 is 1.16 bits per heavy atom. The van der Waals surface area contributed by atoms with Gasteiger partial charge in [0.1, 0.15) is 11.4 Å². The number of nitrogens with zero attached hydrogens (tertiary/aromatic N) is 2. The van der Waals surface area contributed by atoms with Gasteiger partial charge >= 0.3 is 0 Å². The van der Waals surface area contributed by atoms with Crippen molar-refractivity contribution in [3.8, 4) is 5.75 Å². The number of aromatic nitrogens is 2. The van der Waals surface area contributed by atoms with Gasteiger partial charge in [-0.15, -0.1) is 11.3 Å². The van der Waals surface area contributed by atoms with Gasteiger partial charge < -0.3 is 10.1 Å². The van der Waals surface area contributed by atoms with Crippen molar-refractivity contribution in [2.75, 3.05) is 17.7 Å². The summed E-state index contributed by atoms with van der Waals surface area (Å²) in [5.41, 5.74) is 4.01. The molecule has 4 rings (SSSR count). The molecular formula is C21H17ClN4O3S2. The van der Waals surface area contributed by atoms with Gasteiger partial charge in [0.05, 0.1) is 28.8 Å². The third kappa shape index (κ3) is 4.68. The molecule has 2 amide bonds. The molecule has 4 aromatic rings. The number of carbonyl (C=O) groups is 2. The van der Waals surface area contributed by atoms with Crippen LogP contribution in [0.2, 0.25) is 5.02 Å². The number of hydrogen-bond acceptors (Lipinski definition) is 7. The lowest BCUT2D eigenvalue weighted by atomic mass is 9.99. The molecule has 2 N–H and O–H groups in total. The fraction of sp³-hybridized carbons (Fsp3) is 0.143. The van der Waals surface area contributed by atoms with Crippen LogP contribution in [-0.4, -0.2) is 28.9 Å². The second-order valence-electron chi connectivity index (χ2n) is 6.63. The smallest absolute Gasteiger partial charge is 0.276 e. The number of hydrogen-bond donors (Lipinski definition) is 2. The number of benzene rings is 2. The summed E-state index contributed by atoms with van der Waals surface area (Å²) < 4.78 is 6.19. The molecule has 7 nitrogen and oxygen atoms in total. The van der Waals surface area contributed by atoms with Crippen LogP contribution in [0.25, 0.3) is 10.2 Å². The Morgan fingerprint density at radius 2 is 2.00 bits per heavy atom. The van der Waals surface area contributed by atoms with Gasteiger partial charge in [0.2, 0.25) is 5.91 Å². The Labute approximate surface area is 191 Å². The third-order valence-electron chi connectivity index (χ3n) is 4.59. The van der Waals surface area contributed by atoms with E-state index in [-0.39, 0.29) is 11.8 Å². The molecule has 0 bridgehead atoms. The fourth-order valence-corrected chi connectivity index (χ4v) is 4.59. The number of fused-ring (bicyclic) bond motifs is 1. The summed E-state index contributed by atoms with van der Waals surface area (Å²) in [6.45, 7) is 1.79. The number of nitrogens with one attached hydrogen (secondary N) is 2. The number of halogens is 1. The first kappa shape index (κ1) is 21.2. The maximum atomic E-state index is 12.8. The lowest BCUT2D eigenvalue weighted by Crippen LogP contribution is -2.19. The van der Waals surface area contributed by atoms with Crippen molar-refractivity contribution in [3.63, 3.8) is 0 Å². The highest BCUT2D eigenvalue weighted by atomic mass is 35.5. The third-order valence-corrected chi connectivity index (χ3v) is 6.35. The van der Waals surface area contributed by atoms with Crippen LogP contribution in [0, 0.1) is 0 Å². The van der Waals surface area contributed by atoms with E-state index < -0.39 is 5.92 Å². The topological polar surface area (TPSA) is 93.2 Å². The molecule has 0 fully saturated rings. The number of amides is 2. The van der Waals surface area contributed by atoms with Gasteiger partial charge in [-0.25, -0.2) is 9.97 Å². The van der Waals surface area contributed by atoms with Crippen molar-refractivity contribution in [1.29, 1.82) is 0 Å². The Morgan fingerprint density at radius 3 is 2.74 bits per heavy atom. The predicted octanol–water partition coefficient (Wildman–Crippen LogP) is 5.41. The van der Waals surface area contributed by atoms with Crippen molar-refractivity contribution >= 4 is 67.1 Å². The molecule has 0 saturated heterocycles. The minimum atomic E-state index is -0.473. The van der Waals surface area contributed by atoms with E-state index in [1.165, 1.54) is 22.7 Å². The zero-order valence-electron chi connectivity index (χ0n) is 16.5. The summed E-state index contributed by atoms with van der Waals surface area (Å²) >= 11 is 8.76. The van der Waals surface area contributed by atoms with E-state index in [1.54, 1.807) is 55.3 Å². The van der Waals surface area contributed by atoms with E-state index in [0.717, 1.165) is 10.2 Å². The number of thiazole rings is 2. The number of carbonyl (C=O) groups excluding carboxylic acids is 2. The van der Waals surface area contributed by atoms with Crippen LogP contribution in [0.4, 0.5) is 10.8 Å². The van der Waals surface area contributed by atoms with Gasteiger partial charge in [0.25, 0.3) is 5.91 Å². The van der Waals surface area contributed by atoms with Gasteiger partial charge in [-0.05, 0) is 43.3 Å². The Kier molecular flexibility index (Phi) is 6.17. The van der Waals surface area contributed by atoms with E-state index >= 15 is 0 Å². The molecule has 2 aromatic heterocycles. The van der Waals surface area contributed by atoms with Crippen LogP contribution in [0.15, 0.2) is 47.3 Å². The highest BCUT2D eigenvalue weighted by Gasteiger charge is 2.20. The summed E-state index contributed by atoms with van der Waals surface area (Å²) in [4.78, 5) is 33.4. The van der Waals surface area contributed by atoms with Gasteiger partial charge in [-0.3, -0.25) is 14.9 Å². The molecule has 0 aliphatic carbocycles. The molecule has 1 unspecified atom stereocenters. The largest absolute Gasteiger partial charge is 0.496 e. The first-order valence-electron chi connectivity index (χ1n) is 9.19. The predicted molar refractivity (Wildman–Crippen MR) is 125 cm³/mol. The summed E-state index contributed by atoms with van der Waals surface area (Å²) in [5, 5.41) is 8.35. The molecule has 0 aliphatic heterocycles. The fourth-order valence-electron chi connectivity index (χ4n) is 2.98. The second kappa shape index (κ2) is 9.01. The quantitative estimate of drug-likeness (QED) is 0.391. The molecule has 0 radical (unpaired) electrons. The summed E-state index contributed by atoms with van der Waals surface area (Å²) in [6, 6.07) is 10.6. The highest BCUT2D eigenvalue weighted by Crippen LogP contribution is 2.32. The lowest BCUT2D eigenvalue weighted by Gasteiger charge is -2.16. The molecule has 2 heterocycles. The van der Waals surface area contributed by atoms with Crippen molar-refractivity contribution < 1.29 is 14.3 Å². The van der Waals surface area contributed by atoms with E-state index in [2.05, 4.69) is 20.6 Å². The minimum absolute atomic E-state index is 0.193. The average molecular weight is 473 g/mol. The SMILES string of the molecule is COc1ccc(Cl)cc1C(C)C(=O)Nc1ccc2nc(NC(=O)c3cscn3)sc2c1. The Hall–Kier alpha value is -3.01. The molecular weight excluding hydrogens is 456 g/mol. The minimum Gasteiger partial charge on any atom is -0.496 e. The zero-order chi connectivity index (χ0) is 22.0. The van der Waals surface area contributed by atoms with E-state index in [4.69, 9.17) is 16.3 Å². The van der Waals surface area contributed by atoms with E-state index in [0.29, 0.717) is 32.8 Å². The van der Waals surface area contributed by atoms with Gasteiger partial charge in [0, 0.05) is 21.7 Å². The van der Waals surface area contributed by atoms with Crippen LogP contribution < -0.4 is 15.4 Å². The van der Waals surface area contributed by atoms with Crippen LogP contribution in [0.1, 0.15) is 28.9 Å². The first-order valence-corrected chi connectivity index (χ1v) is 11.3. The Balaban J connectivity index is 1.50. The normalized spacial score (nSPS) is 11.8. The maximum Gasteiger partial charge on any atom is 0.276 e. The van der Waals surface area contributed by atoms with Crippen molar-refractivity contribution in [1.82, 2.24) is 9.97 Å². The molecule has 10 heteroatoms. The van der Waals surface area contributed by atoms with Gasteiger partial charge in [0.15, 0.2) is 5.13 Å². The first-order chi connectivity index (χ1) is 14.9. The number of rotatable bonds is 6. The maximum absolute atomic E-state index is 12.8. The van der Waals surface area contributed by atoms with E-state index in [1.807, 2.05) is 6.07 Å². The number of methoxy groups -OCH3 is 1. The summed E-state index contributed by atoms with van der Waals surface area (Å²) in [6.07, 6.45) is 0. The van der Waals surface area contributed by atoms with Crippen molar-refractivity contribution in [2.45, 2.75) is 12.8 Å². The number of ether oxygens (including phenoxy) is 1. The molecule has 0 spiro atoms. The summed E-state index contributed by atoms with van der Waals surface area (Å²) in [7, 11) is 1.56. The van der Waals surface area contributed by atoms with Crippen molar-refractivity contribution in [2.24, 2.45) is 0 Å². The van der Waals surface area contributed by atoms with Crippen molar-refractivity contribution in [3.05, 3.63) is 63.6 Å². The van der Waals surface area contributed by atoms with Gasteiger partial charge in [-0.2, -0.15) is 0 Å². The van der Waals surface area contributed by atoms with Gasteiger partial charge in [-0.1, -0.05) is 22.9 Å². The Bertz CT molecular complexity index is 1260. The summed E-state index contributed by atoms with van der Waals surface area (Å²) in [5.74, 6) is -0.371. The monoisotopic (exact) mass is 472 g/mol. The number of anilines is 2. The molecule has 1 atom stereocenters. The molecule has 0 saturated carbocycles. The molecule has 2 aromatic carbocycles. The zero-order valence-corrected chi connectivity index (χ0v) is 18.9. The standard InChI is InChI=1S/C21H17ClN4O3S2/c1-11(14-7-12(22)3-6-17(14)29-2)19(27)24-13-4-5-15-18(8-13)31-21(25-15)26-20(28)16-9-30-10-23-16/h3-11H,1-2H3,(H,24,27)(H,25,26,28). The lowest BCUT2D eigenvalue weighted by molar-refractivity contribution is -0.117. The molecule has 158 valence electrons. The van der Waals surface area contributed by atoms with Crippen LogP contribution in [0.5, 0.6) is 5.75 Å². The highest BCUT2D eigenvalue weighted by molar-refractivity contribution is 7.22. The molecule has 31 heavy (non-hydrogen) atoms. The van der Waals surface area contributed by atoms with Crippen LogP contribution >= 0.6 is 34.3 Å². The average Bonchev–Trinajstić information content (AvgIpc) is 3.42. The van der Waals surface area contributed by atoms with E-state index in [9.17, 15) is 9.59 Å². The second-order valence-corrected chi connectivity index (χ2v) is 8.81. The molecule has 0 aliphatic rings.